The van der Waals surface area contributed by atoms with E-state index in [4.69, 9.17) is 11.6 Å². The molecular weight excluding hydrogens is 268 g/mol. The summed E-state index contributed by atoms with van der Waals surface area (Å²) in [5, 5.41) is 4.31. The van der Waals surface area contributed by atoms with Crippen LogP contribution in [0, 0.1) is 5.92 Å². The van der Waals surface area contributed by atoms with Crippen molar-refractivity contribution in [2.45, 2.75) is 52.6 Å². The third-order valence-corrected chi connectivity index (χ3v) is 4.37. The number of halogens is 1. The molecule has 0 spiro atoms. The predicted octanol–water partition coefficient (Wildman–Crippen LogP) is 4.64. The SMILES string of the molecule is CCNC(C)c1ccc(N(CC2CC2)C(C)C)c(Cl)c1. The standard InChI is InChI=1S/C17H27ClN2/c1-5-19-13(4)15-8-9-17(16(18)10-15)20(12(2)3)11-14-6-7-14/h8-10,12-14,19H,5-7,11H2,1-4H3. The number of rotatable bonds is 7. The Kier molecular flexibility index (Phi) is 5.34. The van der Waals surface area contributed by atoms with Gasteiger partial charge >= 0.3 is 0 Å². The summed E-state index contributed by atoms with van der Waals surface area (Å²) in [7, 11) is 0. The zero-order valence-corrected chi connectivity index (χ0v) is 13.9. The van der Waals surface area contributed by atoms with Crippen LogP contribution in [0.5, 0.6) is 0 Å². The van der Waals surface area contributed by atoms with Gasteiger partial charge in [-0.15, -0.1) is 0 Å². The van der Waals surface area contributed by atoms with Crippen molar-refractivity contribution in [3.63, 3.8) is 0 Å². The van der Waals surface area contributed by atoms with E-state index in [-0.39, 0.29) is 0 Å². The van der Waals surface area contributed by atoms with Gasteiger partial charge in [-0.2, -0.15) is 0 Å². The van der Waals surface area contributed by atoms with Crippen LogP contribution in [0.4, 0.5) is 5.69 Å². The summed E-state index contributed by atoms with van der Waals surface area (Å²) in [5.41, 5.74) is 2.44. The van der Waals surface area contributed by atoms with Gasteiger partial charge in [-0.25, -0.2) is 0 Å². The molecule has 1 fully saturated rings. The van der Waals surface area contributed by atoms with Crippen LogP contribution in [-0.2, 0) is 0 Å². The second kappa shape index (κ2) is 6.82. The minimum Gasteiger partial charge on any atom is -0.368 e. The smallest absolute Gasteiger partial charge is 0.0642 e. The van der Waals surface area contributed by atoms with Crippen molar-refractivity contribution in [2.75, 3.05) is 18.0 Å². The molecule has 0 aliphatic heterocycles. The van der Waals surface area contributed by atoms with Crippen molar-refractivity contribution in [3.05, 3.63) is 28.8 Å². The Hall–Kier alpha value is -0.730. The molecule has 1 saturated carbocycles. The molecule has 1 aromatic rings. The molecule has 1 aliphatic carbocycles. The Morgan fingerprint density at radius 3 is 2.50 bits per heavy atom. The zero-order valence-electron chi connectivity index (χ0n) is 13.1. The second-order valence-electron chi connectivity index (χ2n) is 6.18. The van der Waals surface area contributed by atoms with Gasteiger partial charge in [0, 0.05) is 18.6 Å². The molecule has 0 amide bonds. The van der Waals surface area contributed by atoms with Crippen molar-refractivity contribution in [2.24, 2.45) is 5.92 Å². The monoisotopic (exact) mass is 294 g/mol. The number of anilines is 1. The molecule has 1 N–H and O–H groups in total. The summed E-state index contributed by atoms with van der Waals surface area (Å²) in [4.78, 5) is 2.45. The van der Waals surface area contributed by atoms with Gasteiger partial charge in [0.15, 0.2) is 0 Å². The lowest BCUT2D eigenvalue weighted by Crippen LogP contribution is -2.33. The van der Waals surface area contributed by atoms with E-state index in [1.165, 1.54) is 24.1 Å². The predicted molar refractivity (Wildman–Crippen MR) is 88.7 cm³/mol. The van der Waals surface area contributed by atoms with Gasteiger partial charge in [0.2, 0.25) is 0 Å². The minimum absolute atomic E-state index is 0.350. The number of benzene rings is 1. The fourth-order valence-corrected chi connectivity index (χ4v) is 2.91. The summed E-state index contributed by atoms with van der Waals surface area (Å²) in [5.74, 6) is 0.869. The van der Waals surface area contributed by atoms with Crippen LogP contribution < -0.4 is 10.2 Å². The molecular formula is C17H27ClN2. The highest BCUT2D eigenvalue weighted by Crippen LogP contribution is 2.35. The van der Waals surface area contributed by atoms with Crippen LogP contribution in [-0.4, -0.2) is 19.1 Å². The molecule has 0 saturated heterocycles. The molecule has 1 aliphatic rings. The molecule has 0 heterocycles. The molecule has 112 valence electrons. The number of nitrogens with zero attached hydrogens (tertiary/aromatic N) is 1. The fourth-order valence-electron chi connectivity index (χ4n) is 2.62. The topological polar surface area (TPSA) is 15.3 Å². The number of hydrogen-bond donors (Lipinski definition) is 1. The van der Waals surface area contributed by atoms with Gasteiger partial charge in [-0.1, -0.05) is 24.6 Å². The van der Waals surface area contributed by atoms with Crippen LogP contribution >= 0.6 is 11.6 Å². The second-order valence-corrected chi connectivity index (χ2v) is 6.59. The maximum atomic E-state index is 6.55. The third-order valence-electron chi connectivity index (χ3n) is 4.07. The molecule has 0 bridgehead atoms. The van der Waals surface area contributed by atoms with Crippen molar-refractivity contribution in [3.8, 4) is 0 Å². The molecule has 1 atom stereocenters. The van der Waals surface area contributed by atoms with E-state index < -0.39 is 0 Å². The summed E-state index contributed by atoms with van der Waals surface area (Å²) < 4.78 is 0. The lowest BCUT2D eigenvalue weighted by Gasteiger charge is -2.30. The first-order valence-corrected chi connectivity index (χ1v) is 8.20. The zero-order chi connectivity index (χ0) is 14.7. The molecule has 0 radical (unpaired) electrons. The Morgan fingerprint density at radius 2 is 2.00 bits per heavy atom. The first-order valence-electron chi connectivity index (χ1n) is 7.82. The minimum atomic E-state index is 0.350. The Bertz CT molecular complexity index is 441. The van der Waals surface area contributed by atoms with Crippen molar-refractivity contribution >= 4 is 17.3 Å². The molecule has 1 unspecified atom stereocenters. The van der Waals surface area contributed by atoms with Crippen molar-refractivity contribution in [1.82, 2.24) is 5.32 Å². The molecule has 20 heavy (non-hydrogen) atoms. The summed E-state index contributed by atoms with van der Waals surface area (Å²) in [6.07, 6.45) is 2.74. The van der Waals surface area contributed by atoms with E-state index >= 15 is 0 Å². The van der Waals surface area contributed by atoms with Crippen molar-refractivity contribution < 1.29 is 0 Å². The van der Waals surface area contributed by atoms with Gasteiger partial charge in [0.1, 0.15) is 0 Å². The highest BCUT2D eigenvalue weighted by molar-refractivity contribution is 6.33. The fraction of sp³-hybridized carbons (Fsp3) is 0.647. The highest BCUT2D eigenvalue weighted by Gasteiger charge is 2.26. The van der Waals surface area contributed by atoms with Gasteiger partial charge in [-0.3, -0.25) is 0 Å². The van der Waals surface area contributed by atoms with E-state index in [0.29, 0.717) is 12.1 Å². The molecule has 1 aromatic carbocycles. The van der Waals surface area contributed by atoms with Crippen LogP contribution in [0.15, 0.2) is 18.2 Å². The molecule has 0 aromatic heterocycles. The molecule has 2 nitrogen and oxygen atoms in total. The Labute approximate surface area is 128 Å². The van der Waals surface area contributed by atoms with Gasteiger partial charge in [0.25, 0.3) is 0 Å². The lowest BCUT2D eigenvalue weighted by molar-refractivity contribution is 0.597. The summed E-state index contributed by atoms with van der Waals surface area (Å²) in [6.45, 7) is 10.9. The summed E-state index contributed by atoms with van der Waals surface area (Å²) in [6, 6.07) is 7.35. The largest absolute Gasteiger partial charge is 0.368 e. The molecule has 3 heteroatoms. The van der Waals surface area contributed by atoms with Crippen LogP contribution in [0.2, 0.25) is 5.02 Å². The Balaban J connectivity index is 2.17. The first kappa shape index (κ1) is 15.7. The first-order chi connectivity index (χ1) is 9.52. The summed E-state index contributed by atoms with van der Waals surface area (Å²) >= 11 is 6.55. The van der Waals surface area contributed by atoms with Gasteiger partial charge in [0.05, 0.1) is 10.7 Å². The van der Waals surface area contributed by atoms with E-state index in [1.54, 1.807) is 0 Å². The van der Waals surface area contributed by atoms with Crippen LogP contribution in [0.1, 0.15) is 52.1 Å². The Morgan fingerprint density at radius 1 is 1.30 bits per heavy atom. The van der Waals surface area contributed by atoms with E-state index in [2.05, 4.69) is 56.1 Å². The van der Waals surface area contributed by atoms with Crippen LogP contribution in [0.3, 0.4) is 0 Å². The van der Waals surface area contributed by atoms with E-state index in [9.17, 15) is 0 Å². The van der Waals surface area contributed by atoms with E-state index in [1.807, 2.05) is 0 Å². The quantitative estimate of drug-likeness (QED) is 0.788. The third kappa shape index (κ3) is 3.89. The maximum Gasteiger partial charge on any atom is 0.0642 e. The number of nitrogens with one attached hydrogen (secondary N) is 1. The van der Waals surface area contributed by atoms with Gasteiger partial charge in [-0.05, 0) is 63.8 Å². The van der Waals surface area contributed by atoms with E-state index in [0.717, 1.165) is 24.0 Å². The normalized spacial score (nSPS) is 16.5. The average molecular weight is 295 g/mol. The molecule has 2 rings (SSSR count). The lowest BCUT2D eigenvalue weighted by atomic mass is 10.1. The van der Waals surface area contributed by atoms with Crippen molar-refractivity contribution in [1.29, 1.82) is 0 Å². The maximum absolute atomic E-state index is 6.55. The van der Waals surface area contributed by atoms with Crippen LogP contribution in [0.25, 0.3) is 0 Å². The average Bonchev–Trinajstić information content (AvgIpc) is 3.20. The van der Waals surface area contributed by atoms with Gasteiger partial charge < -0.3 is 10.2 Å². The highest BCUT2D eigenvalue weighted by atomic mass is 35.5. The number of hydrogen-bond acceptors (Lipinski definition) is 2.